The van der Waals surface area contributed by atoms with Crippen LogP contribution in [0.5, 0.6) is 0 Å². The number of unbranched alkanes of at least 4 members (excludes halogenated alkanes) is 1. The van der Waals surface area contributed by atoms with Crippen LogP contribution < -0.4 is 10.6 Å². The van der Waals surface area contributed by atoms with Gasteiger partial charge >= 0.3 is 0 Å². The topological polar surface area (TPSA) is 24.1 Å². The van der Waals surface area contributed by atoms with Crippen molar-refractivity contribution in [2.45, 2.75) is 32.2 Å². The fourth-order valence-electron chi connectivity index (χ4n) is 1.94. The number of hydrogen-bond donors (Lipinski definition) is 2. The minimum atomic E-state index is -0.370. The molecule has 0 fully saturated rings. The van der Waals surface area contributed by atoms with Gasteiger partial charge in [0.15, 0.2) is 0 Å². The van der Waals surface area contributed by atoms with Crippen LogP contribution in [0, 0.1) is 5.82 Å². The maximum Gasteiger partial charge on any atom is 0.143 e. The maximum atomic E-state index is 13.3. The molecule has 0 saturated carbocycles. The second-order valence-corrected chi connectivity index (χ2v) is 4.58. The fraction of sp³-hybridized carbons (Fsp3) is 0.500. The average molecular weight is 243 g/mol. The third kappa shape index (κ3) is 2.40. The van der Waals surface area contributed by atoms with Crippen molar-refractivity contribution in [3.05, 3.63) is 23.0 Å². The van der Waals surface area contributed by atoms with Crippen LogP contribution in [0.4, 0.5) is 15.8 Å². The summed E-state index contributed by atoms with van der Waals surface area (Å²) in [6.45, 7) is 3.04. The maximum absolute atomic E-state index is 13.3. The normalized spacial score (nSPS) is 18.6. The first kappa shape index (κ1) is 11.5. The molecule has 0 amide bonds. The Labute approximate surface area is 100 Å². The molecule has 2 nitrogen and oxygen atoms in total. The molecule has 2 rings (SSSR count). The lowest BCUT2D eigenvalue weighted by molar-refractivity contribution is 0.611. The van der Waals surface area contributed by atoms with Crippen molar-refractivity contribution in [1.29, 1.82) is 0 Å². The summed E-state index contributed by atoms with van der Waals surface area (Å²) in [5.74, 6) is -0.370. The molecular weight excluding hydrogens is 227 g/mol. The van der Waals surface area contributed by atoms with E-state index >= 15 is 0 Å². The summed E-state index contributed by atoms with van der Waals surface area (Å²) in [7, 11) is 0. The third-order valence-electron chi connectivity index (χ3n) is 2.87. The Balaban J connectivity index is 2.11. The highest BCUT2D eigenvalue weighted by Crippen LogP contribution is 2.32. The first-order valence-electron chi connectivity index (χ1n) is 5.70. The van der Waals surface area contributed by atoms with E-state index in [9.17, 15) is 4.39 Å². The van der Waals surface area contributed by atoms with E-state index in [1.807, 2.05) is 0 Å². The molecule has 0 aliphatic carbocycles. The van der Waals surface area contributed by atoms with Gasteiger partial charge in [-0.15, -0.1) is 0 Å². The van der Waals surface area contributed by atoms with Crippen molar-refractivity contribution in [2.75, 3.05) is 17.2 Å². The molecule has 0 radical (unpaired) electrons. The summed E-state index contributed by atoms with van der Waals surface area (Å²) in [6.07, 6.45) is 3.47. The largest absolute Gasteiger partial charge is 0.381 e. The Morgan fingerprint density at radius 3 is 3.00 bits per heavy atom. The van der Waals surface area contributed by atoms with Crippen molar-refractivity contribution in [3.63, 3.8) is 0 Å². The molecule has 0 spiro atoms. The number of rotatable bonds is 3. The van der Waals surface area contributed by atoms with Gasteiger partial charge in [0.25, 0.3) is 0 Å². The number of benzene rings is 1. The van der Waals surface area contributed by atoms with E-state index < -0.39 is 0 Å². The number of hydrogen-bond acceptors (Lipinski definition) is 2. The van der Waals surface area contributed by atoms with E-state index in [2.05, 4.69) is 17.6 Å². The molecule has 1 aromatic rings. The van der Waals surface area contributed by atoms with Gasteiger partial charge in [0, 0.05) is 18.7 Å². The standard InChI is InChI=1S/C12H16ClFN2/c1-2-3-4-8-7-15-11-5-9(13)10(14)6-12(11)16-8/h5-6,8,15-16H,2-4,7H2,1H3. The monoisotopic (exact) mass is 242 g/mol. The van der Waals surface area contributed by atoms with Crippen LogP contribution in [-0.4, -0.2) is 12.6 Å². The van der Waals surface area contributed by atoms with Gasteiger partial charge < -0.3 is 10.6 Å². The first-order valence-corrected chi connectivity index (χ1v) is 6.08. The van der Waals surface area contributed by atoms with Crippen LogP contribution in [0.2, 0.25) is 5.02 Å². The molecule has 1 unspecified atom stereocenters. The molecule has 88 valence electrons. The van der Waals surface area contributed by atoms with Crippen LogP contribution in [-0.2, 0) is 0 Å². The van der Waals surface area contributed by atoms with E-state index in [0.717, 1.165) is 24.3 Å². The molecule has 0 bridgehead atoms. The predicted octanol–water partition coefficient (Wildman–Crippen LogP) is 3.88. The van der Waals surface area contributed by atoms with Crippen molar-refractivity contribution in [3.8, 4) is 0 Å². The van der Waals surface area contributed by atoms with Crippen molar-refractivity contribution in [2.24, 2.45) is 0 Å². The number of fused-ring (bicyclic) bond motifs is 1. The van der Waals surface area contributed by atoms with Crippen molar-refractivity contribution in [1.82, 2.24) is 0 Å². The predicted molar refractivity (Wildman–Crippen MR) is 66.8 cm³/mol. The fourth-order valence-corrected chi connectivity index (χ4v) is 2.11. The van der Waals surface area contributed by atoms with Gasteiger partial charge in [-0.05, 0) is 12.5 Å². The summed E-state index contributed by atoms with van der Waals surface area (Å²) >= 11 is 5.72. The highest BCUT2D eigenvalue weighted by Gasteiger charge is 2.18. The summed E-state index contributed by atoms with van der Waals surface area (Å²) in [6, 6.07) is 3.48. The van der Waals surface area contributed by atoms with Crippen LogP contribution in [0.15, 0.2) is 12.1 Å². The smallest absolute Gasteiger partial charge is 0.143 e. The van der Waals surface area contributed by atoms with Crippen LogP contribution in [0.1, 0.15) is 26.2 Å². The van der Waals surface area contributed by atoms with E-state index in [1.54, 1.807) is 6.07 Å². The summed E-state index contributed by atoms with van der Waals surface area (Å²) in [5.41, 5.74) is 1.70. The van der Waals surface area contributed by atoms with Crippen LogP contribution >= 0.6 is 11.6 Å². The summed E-state index contributed by atoms with van der Waals surface area (Å²) in [5, 5.41) is 6.78. The van der Waals surface area contributed by atoms with Crippen molar-refractivity contribution < 1.29 is 4.39 Å². The SMILES string of the molecule is CCCCC1CNc2cc(Cl)c(F)cc2N1. The molecule has 0 saturated heterocycles. The molecule has 1 atom stereocenters. The lowest BCUT2D eigenvalue weighted by Crippen LogP contribution is -2.32. The van der Waals surface area contributed by atoms with E-state index in [0.29, 0.717) is 6.04 Å². The highest BCUT2D eigenvalue weighted by molar-refractivity contribution is 6.31. The Hall–Kier alpha value is -0.960. The van der Waals surface area contributed by atoms with E-state index in [1.165, 1.54) is 18.9 Å². The molecule has 2 N–H and O–H groups in total. The number of nitrogens with one attached hydrogen (secondary N) is 2. The quantitative estimate of drug-likeness (QED) is 0.841. The van der Waals surface area contributed by atoms with Gasteiger partial charge in [-0.2, -0.15) is 0 Å². The zero-order valence-corrected chi connectivity index (χ0v) is 10.1. The minimum absolute atomic E-state index is 0.167. The van der Waals surface area contributed by atoms with E-state index in [-0.39, 0.29) is 10.8 Å². The zero-order chi connectivity index (χ0) is 11.5. The second kappa shape index (κ2) is 4.91. The van der Waals surface area contributed by atoms with E-state index in [4.69, 9.17) is 11.6 Å². The lowest BCUT2D eigenvalue weighted by Gasteiger charge is -2.28. The Bertz CT molecular complexity index is 382. The molecule has 16 heavy (non-hydrogen) atoms. The molecule has 1 aliphatic heterocycles. The van der Waals surface area contributed by atoms with Gasteiger partial charge in [0.2, 0.25) is 0 Å². The van der Waals surface area contributed by atoms with Gasteiger partial charge in [-0.25, -0.2) is 4.39 Å². The molecule has 1 aromatic carbocycles. The van der Waals surface area contributed by atoms with Gasteiger partial charge in [0.05, 0.1) is 16.4 Å². The Morgan fingerprint density at radius 2 is 2.25 bits per heavy atom. The second-order valence-electron chi connectivity index (χ2n) is 4.18. The Kier molecular flexibility index (Phi) is 3.54. The van der Waals surface area contributed by atoms with Crippen LogP contribution in [0.25, 0.3) is 0 Å². The highest BCUT2D eigenvalue weighted by atomic mass is 35.5. The first-order chi connectivity index (χ1) is 7.70. The minimum Gasteiger partial charge on any atom is -0.381 e. The lowest BCUT2D eigenvalue weighted by atomic mass is 10.1. The van der Waals surface area contributed by atoms with Gasteiger partial charge in [-0.1, -0.05) is 31.4 Å². The van der Waals surface area contributed by atoms with Crippen LogP contribution in [0.3, 0.4) is 0 Å². The van der Waals surface area contributed by atoms with Crippen molar-refractivity contribution >= 4 is 23.0 Å². The third-order valence-corrected chi connectivity index (χ3v) is 3.15. The average Bonchev–Trinajstić information content (AvgIpc) is 2.28. The summed E-state index contributed by atoms with van der Waals surface area (Å²) < 4.78 is 13.3. The van der Waals surface area contributed by atoms with Gasteiger partial charge in [0.1, 0.15) is 5.82 Å². The molecule has 0 aromatic heterocycles. The number of anilines is 2. The van der Waals surface area contributed by atoms with Gasteiger partial charge in [-0.3, -0.25) is 0 Å². The summed E-state index contributed by atoms with van der Waals surface area (Å²) in [4.78, 5) is 0. The number of halogens is 2. The molecule has 4 heteroatoms. The molecular formula is C12H16ClFN2. The Morgan fingerprint density at radius 1 is 1.44 bits per heavy atom. The molecule has 1 aliphatic rings. The molecule has 1 heterocycles. The zero-order valence-electron chi connectivity index (χ0n) is 9.32.